The molecule has 7 aliphatic rings. The van der Waals surface area contributed by atoms with Crippen molar-refractivity contribution in [2.45, 2.75) is 74.3 Å². The largest absolute Gasteiger partial charge is 0.392 e. The van der Waals surface area contributed by atoms with Crippen molar-refractivity contribution in [1.82, 2.24) is 4.90 Å². The second-order valence-electron chi connectivity index (χ2n) is 10.9. The Labute approximate surface area is 166 Å². The van der Waals surface area contributed by atoms with Crippen molar-refractivity contribution in [1.29, 1.82) is 0 Å². The van der Waals surface area contributed by atoms with Crippen molar-refractivity contribution in [3.05, 3.63) is 0 Å². The number of methoxy groups -OCH3 is 2. The minimum absolute atomic E-state index is 0.0308. The van der Waals surface area contributed by atoms with Crippen LogP contribution in [-0.2, 0) is 14.2 Å². The lowest BCUT2D eigenvalue weighted by Crippen LogP contribution is -2.75. The van der Waals surface area contributed by atoms with Gasteiger partial charge in [-0.05, 0) is 25.3 Å². The molecule has 7 fully saturated rings. The summed E-state index contributed by atoms with van der Waals surface area (Å²) in [5, 5.41) is 24.0. The van der Waals surface area contributed by atoms with Gasteiger partial charge in [-0.3, -0.25) is 4.90 Å². The molecule has 6 heteroatoms. The van der Waals surface area contributed by atoms with Crippen LogP contribution in [0.3, 0.4) is 0 Å². The molecule has 2 heterocycles. The molecule has 2 aliphatic heterocycles. The summed E-state index contributed by atoms with van der Waals surface area (Å²) in [6.45, 7) is 4.16. The molecular formula is C22H33NO5. The van der Waals surface area contributed by atoms with Crippen molar-refractivity contribution in [2.75, 3.05) is 27.3 Å². The van der Waals surface area contributed by atoms with Crippen LogP contribution < -0.4 is 0 Å². The van der Waals surface area contributed by atoms with Crippen molar-refractivity contribution in [3.63, 3.8) is 0 Å². The monoisotopic (exact) mass is 391 g/mol. The smallest absolute Gasteiger partial charge is 0.111 e. The second-order valence-corrected chi connectivity index (χ2v) is 10.9. The molecule has 0 aromatic rings. The molecule has 0 amide bonds. The van der Waals surface area contributed by atoms with Gasteiger partial charge < -0.3 is 24.4 Å². The minimum atomic E-state index is -0.769. The summed E-state index contributed by atoms with van der Waals surface area (Å²) in [6.07, 6.45) is 3.41. The molecule has 7 rings (SSSR count). The third-order valence-corrected chi connectivity index (χ3v) is 10.9. The Hall–Kier alpha value is -0.240. The molecule has 0 radical (unpaired) electrons. The number of likely N-dealkylation sites (N-methyl/N-ethyl adjacent to an activating group) is 1. The summed E-state index contributed by atoms with van der Waals surface area (Å²) in [7, 11) is 3.58. The highest BCUT2D eigenvalue weighted by atomic mass is 16.6. The number of likely N-dealkylation sites (tertiary alicyclic amines) is 1. The molecule has 0 aromatic carbocycles. The molecule has 0 unspecified atom stereocenters. The van der Waals surface area contributed by atoms with Gasteiger partial charge in [0.25, 0.3) is 0 Å². The molecule has 5 aliphatic carbocycles. The molecule has 156 valence electrons. The Kier molecular flexibility index (Phi) is 3.10. The fourth-order valence-electron chi connectivity index (χ4n) is 10.3. The van der Waals surface area contributed by atoms with E-state index in [9.17, 15) is 10.2 Å². The SMILES string of the molecule is CCN1C[C@]23O[C@H]2C[C@H](O)[C@@]24[C@@H]5C[C@H]6[C@H](OC)[C@@H]5[C@](O)(C[C@@H]6OC)[C@@H](C[C@H]32)[C@@H]14. The van der Waals surface area contributed by atoms with Gasteiger partial charge in [0, 0.05) is 68.7 Å². The van der Waals surface area contributed by atoms with E-state index in [4.69, 9.17) is 14.2 Å². The molecule has 2 spiro atoms. The normalized spacial score (nSPS) is 68.0. The van der Waals surface area contributed by atoms with Crippen LogP contribution in [-0.4, -0.2) is 84.1 Å². The average Bonchev–Trinajstić information content (AvgIpc) is 3.14. The number of hydrogen-bond donors (Lipinski definition) is 2. The molecule has 0 aromatic heterocycles. The van der Waals surface area contributed by atoms with Crippen LogP contribution in [0.5, 0.6) is 0 Å². The third-order valence-electron chi connectivity index (χ3n) is 10.9. The van der Waals surface area contributed by atoms with Gasteiger partial charge >= 0.3 is 0 Å². The van der Waals surface area contributed by atoms with Gasteiger partial charge in [0.05, 0.1) is 30.0 Å². The maximum atomic E-state index is 12.3. The Balaban J connectivity index is 1.47. The molecule has 7 bridgehead atoms. The number of aliphatic hydroxyl groups excluding tert-OH is 1. The highest BCUT2D eigenvalue weighted by molar-refractivity contribution is 5.37. The summed E-state index contributed by atoms with van der Waals surface area (Å²) in [6, 6.07) is 0.256. The van der Waals surface area contributed by atoms with Gasteiger partial charge in [-0.15, -0.1) is 0 Å². The van der Waals surface area contributed by atoms with Crippen LogP contribution >= 0.6 is 0 Å². The lowest BCUT2D eigenvalue weighted by Gasteiger charge is -2.65. The number of ether oxygens (including phenoxy) is 3. The number of fused-ring (bicyclic) bond motifs is 2. The van der Waals surface area contributed by atoms with Crippen molar-refractivity contribution in [2.24, 2.45) is 35.0 Å². The zero-order chi connectivity index (χ0) is 19.2. The molecule has 5 saturated carbocycles. The predicted octanol–water partition coefficient (Wildman–Crippen LogP) is 0.646. The standard InChI is InChI=1S/C22H33NO5/c1-4-23-9-21-14-6-12-19(23)22(14,15(24)7-16(21)28-21)11-5-10-13(26-2)8-20(12,25)17(11)18(10)27-3/h10-19,24-25H,4-9H2,1-3H3/t10-,11-,12+,13+,14-,15+,16+,17-,18+,19-,20+,21-,22-/m1/s1. The summed E-state index contributed by atoms with van der Waals surface area (Å²) in [5.74, 6) is 1.26. The first-order valence-corrected chi connectivity index (χ1v) is 11.3. The zero-order valence-corrected chi connectivity index (χ0v) is 17.1. The van der Waals surface area contributed by atoms with Crippen LogP contribution in [0.15, 0.2) is 0 Å². The van der Waals surface area contributed by atoms with E-state index in [0.717, 1.165) is 32.4 Å². The summed E-state index contributed by atoms with van der Waals surface area (Å²) in [4.78, 5) is 2.57. The number of rotatable bonds is 3. The number of aliphatic hydroxyl groups is 2. The van der Waals surface area contributed by atoms with E-state index in [2.05, 4.69) is 11.8 Å². The first-order valence-electron chi connectivity index (χ1n) is 11.3. The van der Waals surface area contributed by atoms with E-state index in [0.29, 0.717) is 18.3 Å². The van der Waals surface area contributed by atoms with Crippen LogP contribution in [0.2, 0.25) is 0 Å². The molecule has 2 saturated heterocycles. The van der Waals surface area contributed by atoms with Crippen LogP contribution in [0.4, 0.5) is 0 Å². The topological polar surface area (TPSA) is 74.7 Å². The van der Waals surface area contributed by atoms with Crippen molar-refractivity contribution in [3.8, 4) is 0 Å². The van der Waals surface area contributed by atoms with E-state index >= 15 is 0 Å². The van der Waals surface area contributed by atoms with E-state index in [1.54, 1.807) is 14.2 Å². The Morgan fingerprint density at radius 1 is 1.14 bits per heavy atom. The number of hydrogen-bond acceptors (Lipinski definition) is 6. The summed E-state index contributed by atoms with van der Waals surface area (Å²) < 4.78 is 18.4. The van der Waals surface area contributed by atoms with E-state index in [-0.39, 0.29) is 59.2 Å². The summed E-state index contributed by atoms with van der Waals surface area (Å²) in [5.41, 5.74) is -0.997. The van der Waals surface area contributed by atoms with Crippen LogP contribution in [0.25, 0.3) is 0 Å². The number of piperidine rings is 1. The Bertz CT molecular complexity index is 734. The Morgan fingerprint density at radius 2 is 1.96 bits per heavy atom. The number of nitrogens with zero attached hydrogens (tertiary/aromatic N) is 1. The van der Waals surface area contributed by atoms with Crippen molar-refractivity contribution < 1.29 is 24.4 Å². The van der Waals surface area contributed by atoms with Gasteiger partial charge in [-0.1, -0.05) is 6.92 Å². The van der Waals surface area contributed by atoms with Gasteiger partial charge in [0.2, 0.25) is 0 Å². The Morgan fingerprint density at radius 3 is 2.68 bits per heavy atom. The highest BCUT2D eigenvalue weighted by Crippen LogP contribution is 2.80. The molecule has 28 heavy (non-hydrogen) atoms. The maximum absolute atomic E-state index is 12.3. The van der Waals surface area contributed by atoms with Crippen LogP contribution in [0.1, 0.15) is 32.6 Å². The fraction of sp³-hybridized carbons (Fsp3) is 1.00. The van der Waals surface area contributed by atoms with Gasteiger partial charge in [0.15, 0.2) is 0 Å². The molecule has 13 atom stereocenters. The van der Waals surface area contributed by atoms with Crippen LogP contribution in [0, 0.1) is 35.0 Å². The number of epoxide rings is 1. The zero-order valence-electron chi connectivity index (χ0n) is 17.1. The van der Waals surface area contributed by atoms with Gasteiger partial charge in [-0.2, -0.15) is 0 Å². The third kappa shape index (κ3) is 1.50. The quantitative estimate of drug-likeness (QED) is 0.688. The van der Waals surface area contributed by atoms with E-state index < -0.39 is 5.60 Å². The summed E-state index contributed by atoms with van der Waals surface area (Å²) >= 11 is 0. The molecule has 2 N–H and O–H groups in total. The van der Waals surface area contributed by atoms with E-state index in [1.165, 1.54) is 0 Å². The highest BCUT2D eigenvalue weighted by Gasteiger charge is 2.88. The van der Waals surface area contributed by atoms with E-state index in [1.807, 2.05) is 0 Å². The van der Waals surface area contributed by atoms with Gasteiger partial charge in [-0.25, -0.2) is 0 Å². The van der Waals surface area contributed by atoms with Gasteiger partial charge in [0.1, 0.15) is 5.60 Å². The predicted molar refractivity (Wildman–Crippen MR) is 99.5 cm³/mol. The fourth-order valence-corrected chi connectivity index (χ4v) is 10.3. The molecular weight excluding hydrogens is 358 g/mol. The lowest BCUT2D eigenvalue weighted by molar-refractivity contribution is -0.254. The second kappa shape index (κ2) is 4.97. The maximum Gasteiger partial charge on any atom is 0.111 e. The minimum Gasteiger partial charge on any atom is -0.392 e. The molecule has 6 nitrogen and oxygen atoms in total. The lowest BCUT2D eigenvalue weighted by atomic mass is 9.46. The average molecular weight is 392 g/mol. The van der Waals surface area contributed by atoms with Crippen molar-refractivity contribution >= 4 is 0 Å². The first-order chi connectivity index (χ1) is 13.5. The first kappa shape index (κ1) is 17.4.